The van der Waals surface area contributed by atoms with Gasteiger partial charge in [0, 0.05) is 0 Å². The van der Waals surface area contributed by atoms with Crippen molar-refractivity contribution in [3.63, 3.8) is 0 Å². The van der Waals surface area contributed by atoms with E-state index < -0.39 is 10.0 Å². The normalized spacial score (nSPS) is 11.0. The molecule has 128 valence electrons. The van der Waals surface area contributed by atoms with Crippen LogP contribution in [-0.4, -0.2) is 27.2 Å². The predicted molar refractivity (Wildman–Crippen MR) is 94.9 cm³/mol. The van der Waals surface area contributed by atoms with E-state index in [1.165, 1.54) is 0 Å². The van der Waals surface area contributed by atoms with E-state index in [-0.39, 0.29) is 12.5 Å². The maximum absolute atomic E-state index is 12.1. The molecular formula is C17H20N2O4S. The van der Waals surface area contributed by atoms with Crippen LogP contribution in [0.25, 0.3) is 0 Å². The van der Waals surface area contributed by atoms with Crippen LogP contribution in [0.5, 0.6) is 5.75 Å². The second-order valence-electron chi connectivity index (χ2n) is 5.48. The lowest BCUT2D eigenvalue weighted by Gasteiger charge is -2.14. The van der Waals surface area contributed by atoms with Crippen molar-refractivity contribution in [2.45, 2.75) is 13.8 Å². The highest BCUT2D eigenvalue weighted by Crippen LogP contribution is 2.23. The number of hydrogen-bond donors (Lipinski definition) is 2. The van der Waals surface area contributed by atoms with Crippen LogP contribution in [-0.2, 0) is 14.8 Å². The molecular weight excluding hydrogens is 328 g/mol. The molecule has 0 saturated heterocycles. The van der Waals surface area contributed by atoms with Gasteiger partial charge in [0.05, 0.1) is 17.6 Å². The summed E-state index contributed by atoms with van der Waals surface area (Å²) in [6.07, 6.45) is 1.05. The third-order valence-electron chi connectivity index (χ3n) is 3.25. The van der Waals surface area contributed by atoms with Crippen LogP contribution in [0.4, 0.5) is 11.4 Å². The Morgan fingerprint density at radius 1 is 1.00 bits per heavy atom. The second kappa shape index (κ2) is 7.35. The maximum atomic E-state index is 12.1. The number of ether oxygens (including phenoxy) is 1. The number of aryl methyl sites for hydroxylation is 2. The van der Waals surface area contributed by atoms with Gasteiger partial charge in [-0.1, -0.05) is 30.3 Å². The molecule has 0 saturated carbocycles. The van der Waals surface area contributed by atoms with Gasteiger partial charge < -0.3 is 10.1 Å². The second-order valence-corrected chi connectivity index (χ2v) is 7.23. The average Bonchev–Trinajstić information content (AvgIpc) is 2.47. The van der Waals surface area contributed by atoms with Crippen molar-refractivity contribution in [2.24, 2.45) is 0 Å². The van der Waals surface area contributed by atoms with Crippen LogP contribution >= 0.6 is 0 Å². The number of sulfonamides is 1. The first-order valence-electron chi connectivity index (χ1n) is 7.32. The Morgan fingerprint density at radius 2 is 1.58 bits per heavy atom. The zero-order valence-electron chi connectivity index (χ0n) is 13.8. The largest absolute Gasteiger partial charge is 0.483 e. The molecule has 2 aromatic carbocycles. The molecule has 6 nitrogen and oxygen atoms in total. The van der Waals surface area contributed by atoms with Crippen LogP contribution in [0.2, 0.25) is 0 Å². The third-order valence-corrected chi connectivity index (χ3v) is 3.84. The highest BCUT2D eigenvalue weighted by Gasteiger charge is 2.11. The Morgan fingerprint density at radius 3 is 2.17 bits per heavy atom. The highest BCUT2D eigenvalue weighted by molar-refractivity contribution is 7.92. The summed E-state index contributed by atoms with van der Waals surface area (Å²) in [5.74, 6) is 0.301. The Balaban J connectivity index is 2.06. The summed E-state index contributed by atoms with van der Waals surface area (Å²) >= 11 is 0. The van der Waals surface area contributed by atoms with Crippen LogP contribution in [0.3, 0.4) is 0 Å². The summed E-state index contributed by atoms with van der Waals surface area (Å²) < 4.78 is 30.7. The summed E-state index contributed by atoms with van der Waals surface area (Å²) in [6.45, 7) is 3.65. The highest BCUT2D eigenvalue weighted by atomic mass is 32.2. The third kappa shape index (κ3) is 4.99. The first-order chi connectivity index (χ1) is 11.3. The molecule has 0 fully saturated rings. The number of nitrogens with one attached hydrogen (secondary N) is 2. The van der Waals surface area contributed by atoms with Crippen molar-refractivity contribution >= 4 is 27.3 Å². The molecule has 2 rings (SSSR count). The van der Waals surface area contributed by atoms with E-state index in [4.69, 9.17) is 4.74 Å². The van der Waals surface area contributed by atoms with Crippen molar-refractivity contribution in [1.82, 2.24) is 0 Å². The Labute approximate surface area is 141 Å². The Hall–Kier alpha value is -2.54. The van der Waals surface area contributed by atoms with Gasteiger partial charge in [0.25, 0.3) is 5.91 Å². The van der Waals surface area contributed by atoms with E-state index in [9.17, 15) is 13.2 Å². The van der Waals surface area contributed by atoms with Crippen molar-refractivity contribution in [2.75, 3.05) is 22.9 Å². The van der Waals surface area contributed by atoms with Crippen molar-refractivity contribution < 1.29 is 17.9 Å². The smallest absolute Gasteiger partial charge is 0.262 e. The minimum atomic E-state index is -3.43. The predicted octanol–water partition coefficient (Wildman–Crippen LogP) is 2.69. The lowest BCUT2D eigenvalue weighted by atomic mass is 10.1. The van der Waals surface area contributed by atoms with Crippen LogP contribution < -0.4 is 14.8 Å². The molecule has 1 amide bonds. The lowest BCUT2D eigenvalue weighted by Crippen LogP contribution is -2.22. The number of para-hydroxylation sites is 3. The summed E-state index contributed by atoms with van der Waals surface area (Å²) in [5, 5.41) is 2.65. The topological polar surface area (TPSA) is 84.5 Å². The molecule has 0 aliphatic carbocycles. The van der Waals surface area contributed by atoms with Crippen LogP contribution in [0, 0.1) is 13.8 Å². The number of anilines is 2. The minimum Gasteiger partial charge on any atom is -0.483 e. The van der Waals surface area contributed by atoms with Gasteiger partial charge >= 0.3 is 0 Å². The molecule has 0 heterocycles. The van der Waals surface area contributed by atoms with E-state index in [2.05, 4.69) is 10.0 Å². The molecule has 0 atom stereocenters. The molecule has 0 aromatic heterocycles. The molecule has 0 unspecified atom stereocenters. The fraction of sp³-hybridized carbons (Fsp3) is 0.235. The fourth-order valence-electron chi connectivity index (χ4n) is 2.23. The first kappa shape index (κ1) is 17.8. The molecule has 0 radical (unpaired) electrons. The van der Waals surface area contributed by atoms with E-state index in [1.807, 2.05) is 32.0 Å². The van der Waals surface area contributed by atoms with Gasteiger partial charge in [-0.2, -0.15) is 0 Å². The Kier molecular flexibility index (Phi) is 5.46. The van der Waals surface area contributed by atoms with Crippen molar-refractivity contribution in [3.05, 3.63) is 53.6 Å². The van der Waals surface area contributed by atoms with Crippen molar-refractivity contribution in [1.29, 1.82) is 0 Å². The zero-order valence-corrected chi connectivity index (χ0v) is 14.6. The fourth-order valence-corrected chi connectivity index (χ4v) is 2.81. The van der Waals surface area contributed by atoms with E-state index >= 15 is 0 Å². The number of carbonyl (C=O) groups is 1. The van der Waals surface area contributed by atoms with Gasteiger partial charge in [0.2, 0.25) is 10.0 Å². The minimum absolute atomic E-state index is 0.168. The molecule has 2 N–H and O–H groups in total. The Bertz CT molecular complexity index is 827. The quantitative estimate of drug-likeness (QED) is 0.840. The summed E-state index contributed by atoms with van der Waals surface area (Å²) in [7, 11) is -3.43. The molecule has 24 heavy (non-hydrogen) atoms. The molecule has 0 aliphatic heterocycles. The zero-order chi connectivity index (χ0) is 17.7. The number of rotatable bonds is 6. The number of benzene rings is 2. The summed E-state index contributed by atoms with van der Waals surface area (Å²) in [5.41, 5.74) is 2.57. The summed E-state index contributed by atoms with van der Waals surface area (Å²) in [6, 6.07) is 12.3. The van der Waals surface area contributed by atoms with Gasteiger partial charge in [-0.05, 0) is 37.1 Å². The lowest BCUT2D eigenvalue weighted by molar-refractivity contribution is -0.118. The van der Waals surface area contributed by atoms with Gasteiger partial charge in [0.1, 0.15) is 5.75 Å². The van der Waals surface area contributed by atoms with E-state index in [0.717, 1.165) is 17.4 Å². The monoisotopic (exact) mass is 348 g/mol. The van der Waals surface area contributed by atoms with Gasteiger partial charge in [-0.25, -0.2) is 8.42 Å². The number of carbonyl (C=O) groups excluding carboxylic acids is 1. The molecule has 0 aliphatic rings. The van der Waals surface area contributed by atoms with Gasteiger partial charge in [-0.3, -0.25) is 9.52 Å². The van der Waals surface area contributed by atoms with Gasteiger partial charge in [-0.15, -0.1) is 0 Å². The molecule has 0 spiro atoms. The van der Waals surface area contributed by atoms with E-state index in [1.54, 1.807) is 24.3 Å². The molecule has 0 bridgehead atoms. The summed E-state index contributed by atoms with van der Waals surface area (Å²) in [4.78, 5) is 12.1. The molecule has 2 aromatic rings. The van der Waals surface area contributed by atoms with Crippen LogP contribution in [0.1, 0.15) is 11.1 Å². The SMILES string of the molecule is Cc1cccc(C)c1OCC(=O)Nc1ccccc1NS(C)(=O)=O. The molecule has 7 heteroatoms. The number of amides is 1. The standard InChI is InChI=1S/C17H20N2O4S/c1-12-7-6-8-13(2)17(12)23-11-16(20)18-14-9-4-5-10-15(14)19-24(3,21)22/h4-10,19H,11H2,1-3H3,(H,18,20). The van der Waals surface area contributed by atoms with E-state index in [0.29, 0.717) is 17.1 Å². The van der Waals surface area contributed by atoms with Gasteiger partial charge in [0.15, 0.2) is 6.61 Å². The van der Waals surface area contributed by atoms with Crippen molar-refractivity contribution in [3.8, 4) is 5.75 Å². The average molecular weight is 348 g/mol. The van der Waals surface area contributed by atoms with Crippen LogP contribution in [0.15, 0.2) is 42.5 Å². The first-order valence-corrected chi connectivity index (χ1v) is 9.21. The number of hydrogen-bond acceptors (Lipinski definition) is 4. The maximum Gasteiger partial charge on any atom is 0.262 e.